The van der Waals surface area contributed by atoms with Crippen LogP contribution in [0.2, 0.25) is 0 Å². The van der Waals surface area contributed by atoms with Gasteiger partial charge in [-0.1, -0.05) is 330 Å². The van der Waals surface area contributed by atoms with Crippen molar-refractivity contribution in [1.82, 2.24) is 0 Å². The van der Waals surface area contributed by atoms with Crippen molar-refractivity contribution in [3.8, 4) is 0 Å². The molecule has 0 saturated heterocycles. The number of carbonyl (C=O) groups excluding carboxylic acids is 4. The first-order valence-electron chi connectivity index (χ1n) is 38.5. The maximum absolute atomic E-state index is 13.1. The van der Waals surface area contributed by atoms with E-state index in [1.807, 2.05) is 0 Å². The van der Waals surface area contributed by atoms with Gasteiger partial charge in [0.1, 0.15) is 19.3 Å². The topological polar surface area (TPSA) is 237 Å². The fourth-order valence-electron chi connectivity index (χ4n) is 11.3. The summed E-state index contributed by atoms with van der Waals surface area (Å²) in [5, 5.41) is 10.6. The number of hydrogen-bond donors (Lipinski definition) is 3. The second-order valence-corrected chi connectivity index (χ2v) is 30.5. The first kappa shape index (κ1) is 91.1. The molecule has 19 heteroatoms. The summed E-state index contributed by atoms with van der Waals surface area (Å²) in [4.78, 5) is 72.7. The summed E-state index contributed by atoms with van der Waals surface area (Å²) in [7, 11) is -9.90. The van der Waals surface area contributed by atoms with Crippen molar-refractivity contribution in [2.24, 2.45) is 11.8 Å². The van der Waals surface area contributed by atoms with Crippen molar-refractivity contribution in [3.05, 3.63) is 0 Å². The summed E-state index contributed by atoms with van der Waals surface area (Å²) in [6.07, 6.45) is 52.7. The number of hydrogen-bond acceptors (Lipinski definition) is 15. The van der Waals surface area contributed by atoms with E-state index in [1.54, 1.807) is 0 Å². The van der Waals surface area contributed by atoms with Crippen LogP contribution in [0.3, 0.4) is 0 Å². The number of ether oxygens (including phenoxy) is 4. The van der Waals surface area contributed by atoms with Gasteiger partial charge in [-0.2, -0.15) is 0 Å². The molecule has 0 fully saturated rings. The van der Waals surface area contributed by atoms with Crippen LogP contribution in [0.4, 0.5) is 0 Å². The van der Waals surface area contributed by atoms with Crippen molar-refractivity contribution >= 4 is 39.5 Å². The van der Waals surface area contributed by atoms with E-state index in [2.05, 4.69) is 41.5 Å². The van der Waals surface area contributed by atoms with Crippen molar-refractivity contribution in [1.29, 1.82) is 0 Å². The Morgan fingerprint density at radius 3 is 0.731 bits per heavy atom. The highest BCUT2D eigenvalue weighted by Gasteiger charge is 2.30. The molecular weight excluding hydrogens is 1220 g/mol. The Hall–Kier alpha value is -1.94. The molecule has 0 aliphatic carbocycles. The Morgan fingerprint density at radius 2 is 0.495 bits per heavy atom. The van der Waals surface area contributed by atoms with Gasteiger partial charge in [0.05, 0.1) is 26.4 Å². The predicted molar refractivity (Wildman–Crippen MR) is 377 cm³/mol. The smallest absolute Gasteiger partial charge is 0.462 e. The molecule has 0 saturated carbocycles. The molecular formula is C74H144O17P2. The third kappa shape index (κ3) is 68.4. The van der Waals surface area contributed by atoms with E-state index >= 15 is 0 Å². The summed E-state index contributed by atoms with van der Waals surface area (Å²) in [6.45, 7) is 9.57. The van der Waals surface area contributed by atoms with Crippen LogP contribution in [0.5, 0.6) is 0 Å². The second kappa shape index (κ2) is 66.0. The van der Waals surface area contributed by atoms with E-state index in [1.165, 1.54) is 193 Å². The lowest BCUT2D eigenvalue weighted by atomic mass is 10.0. The van der Waals surface area contributed by atoms with Crippen molar-refractivity contribution in [3.63, 3.8) is 0 Å². The van der Waals surface area contributed by atoms with E-state index in [4.69, 9.17) is 37.0 Å². The fourth-order valence-corrected chi connectivity index (χ4v) is 12.9. The van der Waals surface area contributed by atoms with Gasteiger partial charge in [0.2, 0.25) is 0 Å². The Balaban J connectivity index is 5.22. The molecule has 0 spiro atoms. The van der Waals surface area contributed by atoms with E-state index in [0.717, 1.165) is 108 Å². The van der Waals surface area contributed by atoms with Crippen LogP contribution in [0.15, 0.2) is 0 Å². The number of carbonyl (C=O) groups is 4. The highest BCUT2D eigenvalue weighted by atomic mass is 31.2. The third-order valence-corrected chi connectivity index (χ3v) is 19.1. The lowest BCUT2D eigenvalue weighted by Gasteiger charge is -2.21. The minimum Gasteiger partial charge on any atom is -0.462 e. The third-order valence-electron chi connectivity index (χ3n) is 17.2. The molecule has 0 aromatic rings. The molecule has 3 N–H and O–H groups in total. The van der Waals surface area contributed by atoms with Gasteiger partial charge in [0.25, 0.3) is 0 Å². The number of phosphoric ester groups is 2. The average molecular weight is 1370 g/mol. The lowest BCUT2D eigenvalue weighted by molar-refractivity contribution is -0.161. The molecule has 17 nitrogen and oxygen atoms in total. The minimum atomic E-state index is -4.95. The van der Waals surface area contributed by atoms with Gasteiger partial charge >= 0.3 is 39.5 Å². The molecule has 0 rings (SSSR count). The zero-order valence-corrected chi connectivity index (χ0v) is 62.3. The van der Waals surface area contributed by atoms with Gasteiger partial charge < -0.3 is 33.8 Å². The molecule has 5 atom stereocenters. The molecule has 2 unspecified atom stereocenters. The predicted octanol–water partition coefficient (Wildman–Crippen LogP) is 21.6. The van der Waals surface area contributed by atoms with Gasteiger partial charge in [-0.05, 0) is 37.5 Å². The fraction of sp³-hybridized carbons (Fsp3) is 0.946. The summed E-state index contributed by atoms with van der Waals surface area (Å²) in [6, 6.07) is 0. The van der Waals surface area contributed by atoms with Crippen LogP contribution < -0.4 is 0 Å². The summed E-state index contributed by atoms with van der Waals surface area (Å²) < 4.78 is 68.4. The van der Waals surface area contributed by atoms with Crippen LogP contribution in [0.1, 0.15) is 382 Å². The van der Waals surface area contributed by atoms with Crippen LogP contribution in [0.25, 0.3) is 0 Å². The zero-order valence-electron chi connectivity index (χ0n) is 60.6. The number of esters is 4. The van der Waals surface area contributed by atoms with E-state index < -0.39 is 97.5 Å². The Bertz CT molecular complexity index is 1800. The Kier molecular flexibility index (Phi) is 64.6. The number of aliphatic hydroxyl groups is 1. The Labute approximate surface area is 568 Å². The summed E-state index contributed by atoms with van der Waals surface area (Å²) in [5.74, 6) is -0.572. The summed E-state index contributed by atoms with van der Waals surface area (Å²) >= 11 is 0. The Morgan fingerprint density at radius 1 is 0.290 bits per heavy atom. The molecule has 0 bridgehead atoms. The van der Waals surface area contributed by atoms with Crippen molar-refractivity contribution in [2.45, 2.75) is 400 Å². The molecule has 0 radical (unpaired) electrons. The molecule has 0 heterocycles. The van der Waals surface area contributed by atoms with Crippen LogP contribution in [-0.4, -0.2) is 96.7 Å². The minimum absolute atomic E-state index is 0.106. The van der Waals surface area contributed by atoms with Crippen molar-refractivity contribution < 1.29 is 80.2 Å². The first-order chi connectivity index (χ1) is 44.9. The SMILES string of the molecule is CCCCCCCCCCCCCCCCCC(=O)OC[C@H](COP(=O)(O)OC[C@@H](O)COP(=O)(O)OC[C@@H](COC(=O)CCCCCCCCCC)OC(=O)CCCCCCCCCCCCC(C)C)OC(=O)CCCCCCCCCCCCCCCCC(C)C. The van der Waals surface area contributed by atoms with Gasteiger partial charge in [-0.15, -0.1) is 0 Å². The first-order valence-corrected chi connectivity index (χ1v) is 41.5. The van der Waals surface area contributed by atoms with E-state index in [-0.39, 0.29) is 25.7 Å². The quantitative estimate of drug-likeness (QED) is 0.0222. The molecule has 0 aliphatic heterocycles. The van der Waals surface area contributed by atoms with Crippen LogP contribution in [0, 0.1) is 11.8 Å². The normalized spacial score (nSPS) is 14.1. The van der Waals surface area contributed by atoms with E-state index in [0.29, 0.717) is 25.7 Å². The molecule has 552 valence electrons. The number of aliphatic hydroxyl groups excluding tert-OH is 1. The van der Waals surface area contributed by atoms with Gasteiger partial charge in [0, 0.05) is 25.7 Å². The summed E-state index contributed by atoms with van der Waals surface area (Å²) in [5.41, 5.74) is 0. The number of phosphoric acid groups is 2. The standard InChI is InChI=1S/C74H144O17P2/c1-7-9-11-13-15-17-18-19-20-24-27-33-39-45-51-57-72(77)85-63-70(91-73(78)58-52-46-40-34-28-25-22-21-23-26-31-36-42-48-54-66(3)4)65-89-93(82,83)87-61-68(75)60-86-92(80,81)88-64-69(62-84-71(76)56-50-44-38-16-14-12-10-8-2)90-74(79)59-53-47-41-35-30-29-32-37-43-49-55-67(5)6/h66-70,75H,7-65H2,1-6H3,(H,80,81)(H,82,83)/t68-,69+,70+/m0/s1. The van der Waals surface area contributed by atoms with Crippen molar-refractivity contribution in [2.75, 3.05) is 39.6 Å². The molecule has 0 aromatic carbocycles. The molecule has 0 aliphatic rings. The average Bonchev–Trinajstić information content (AvgIpc) is 3.09. The number of unbranched alkanes of at least 4 members (excludes halogenated alkanes) is 43. The molecule has 93 heavy (non-hydrogen) atoms. The zero-order chi connectivity index (χ0) is 68.6. The lowest BCUT2D eigenvalue weighted by Crippen LogP contribution is -2.30. The maximum atomic E-state index is 13.1. The van der Waals surface area contributed by atoms with Gasteiger partial charge in [-0.3, -0.25) is 37.3 Å². The maximum Gasteiger partial charge on any atom is 0.472 e. The highest BCUT2D eigenvalue weighted by Crippen LogP contribution is 2.45. The second-order valence-electron chi connectivity index (χ2n) is 27.6. The highest BCUT2D eigenvalue weighted by molar-refractivity contribution is 7.47. The van der Waals surface area contributed by atoms with Crippen LogP contribution >= 0.6 is 15.6 Å². The van der Waals surface area contributed by atoms with Gasteiger partial charge in [-0.25, -0.2) is 9.13 Å². The van der Waals surface area contributed by atoms with E-state index in [9.17, 15) is 43.2 Å². The van der Waals surface area contributed by atoms with Gasteiger partial charge in [0.15, 0.2) is 12.2 Å². The van der Waals surface area contributed by atoms with Crippen LogP contribution in [-0.2, 0) is 65.4 Å². The molecule has 0 aromatic heterocycles. The molecule has 0 amide bonds. The monoisotopic (exact) mass is 1370 g/mol. The number of rotatable bonds is 73. The largest absolute Gasteiger partial charge is 0.472 e.